The number of anilines is 1. The maximum Gasteiger partial charge on any atom is 0.244 e. The summed E-state index contributed by atoms with van der Waals surface area (Å²) in [5.41, 5.74) is 8.15. The fraction of sp³-hybridized carbons (Fsp3) is 0.222. The molecule has 0 aliphatic rings. The van der Waals surface area contributed by atoms with Crippen molar-refractivity contribution in [2.45, 2.75) is 26.5 Å². The van der Waals surface area contributed by atoms with E-state index >= 15 is 0 Å². The molecular weight excluding hydrogens is 290 g/mol. The molecule has 0 atom stereocenters. The summed E-state index contributed by atoms with van der Waals surface area (Å²) >= 11 is 0. The van der Waals surface area contributed by atoms with Gasteiger partial charge in [0.15, 0.2) is 0 Å². The summed E-state index contributed by atoms with van der Waals surface area (Å²) in [6.45, 7) is 4.28. The number of benzene rings is 1. The molecule has 0 radical (unpaired) electrons. The standard InChI is InChI=1S/C18H21N3O2/c1-13(2)23-17-8-6-14(11-16(17)19)7-9-18(22)21-12-15-5-3-4-10-20-15/h3-11,13H,12,19H2,1-2H3,(H,21,22)/b9-7-. The summed E-state index contributed by atoms with van der Waals surface area (Å²) < 4.78 is 5.58. The lowest BCUT2D eigenvalue weighted by molar-refractivity contribution is -0.116. The quantitative estimate of drug-likeness (QED) is 0.635. The molecule has 0 bridgehead atoms. The van der Waals surface area contributed by atoms with Crippen molar-refractivity contribution in [2.75, 3.05) is 5.73 Å². The zero-order chi connectivity index (χ0) is 16.7. The maximum absolute atomic E-state index is 11.8. The Labute approximate surface area is 136 Å². The monoisotopic (exact) mass is 311 g/mol. The molecule has 5 nitrogen and oxygen atoms in total. The molecule has 0 unspecified atom stereocenters. The predicted octanol–water partition coefficient (Wildman–Crippen LogP) is 2.78. The van der Waals surface area contributed by atoms with Gasteiger partial charge < -0.3 is 15.8 Å². The van der Waals surface area contributed by atoms with Crippen molar-refractivity contribution in [2.24, 2.45) is 0 Å². The lowest BCUT2D eigenvalue weighted by Gasteiger charge is -2.12. The molecular formula is C18H21N3O2. The van der Waals surface area contributed by atoms with E-state index < -0.39 is 0 Å². The van der Waals surface area contributed by atoms with Crippen LogP contribution in [0.5, 0.6) is 5.75 Å². The van der Waals surface area contributed by atoms with Crippen LogP contribution in [0.2, 0.25) is 0 Å². The summed E-state index contributed by atoms with van der Waals surface area (Å²) in [5, 5.41) is 2.78. The number of ether oxygens (including phenoxy) is 1. The number of aromatic nitrogens is 1. The van der Waals surface area contributed by atoms with Crippen molar-refractivity contribution < 1.29 is 9.53 Å². The number of nitrogen functional groups attached to an aromatic ring is 1. The Morgan fingerprint density at radius 3 is 2.83 bits per heavy atom. The van der Waals surface area contributed by atoms with E-state index in [1.54, 1.807) is 24.4 Å². The molecule has 0 saturated heterocycles. The van der Waals surface area contributed by atoms with E-state index in [-0.39, 0.29) is 12.0 Å². The average Bonchev–Trinajstić information content (AvgIpc) is 2.54. The molecule has 2 aromatic rings. The van der Waals surface area contributed by atoms with Gasteiger partial charge in [-0.15, -0.1) is 0 Å². The zero-order valence-electron chi connectivity index (χ0n) is 13.3. The van der Waals surface area contributed by atoms with Gasteiger partial charge in [0.05, 0.1) is 24.0 Å². The normalized spacial score (nSPS) is 10.9. The van der Waals surface area contributed by atoms with Gasteiger partial charge in [-0.3, -0.25) is 9.78 Å². The van der Waals surface area contributed by atoms with E-state index in [1.165, 1.54) is 6.08 Å². The van der Waals surface area contributed by atoms with E-state index in [4.69, 9.17) is 10.5 Å². The number of amides is 1. The third kappa shape index (κ3) is 5.47. The van der Waals surface area contributed by atoms with Crippen molar-refractivity contribution in [3.8, 4) is 5.75 Å². The number of rotatable bonds is 6. The first-order chi connectivity index (χ1) is 11.0. The molecule has 1 aromatic heterocycles. The van der Waals surface area contributed by atoms with Crippen LogP contribution in [-0.2, 0) is 11.3 Å². The fourth-order valence-electron chi connectivity index (χ4n) is 1.94. The Morgan fingerprint density at radius 1 is 1.35 bits per heavy atom. The lowest BCUT2D eigenvalue weighted by atomic mass is 10.1. The predicted molar refractivity (Wildman–Crippen MR) is 91.7 cm³/mol. The van der Waals surface area contributed by atoms with Gasteiger partial charge >= 0.3 is 0 Å². The fourth-order valence-corrected chi connectivity index (χ4v) is 1.94. The number of nitrogens with zero attached hydrogens (tertiary/aromatic N) is 1. The second kappa shape index (κ2) is 7.98. The average molecular weight is 311 g/mol. The number of pyridine rings is 1. The molecule has 0 aliphatic heterocycles. The van der Waals surface area contributed by atoms with Crippen LogP contribution < -0.4 is 15.8 Å². The third-order valence-corrected chi connectivity index (χ3v) is 2.99. The molecule has 1 aromatic carbocycles. The Hall–Kier alpha value is -2.82. The summed E-state index contributed by atoms with van der Waals surface area (Å²) in [5.74, 6) is 0.466. The Balaban J connectivity index is 1.91. The SMILES string of the molecule is CC(C)Oc1ccc(/C=C\C(=O)NCc2ccccn2)cc1N. The molecule has 23 heavy (non-hydrogen) atoms. The van der Waals surface area contributed by atoms with E-state index in [0.717, 1.165) is 11.3 Å². The molecule has 120 valence electrons. The van der Waals surface area contributed by atoms with E-state index in [2.05, 4.69) is 10.3 Å². The summed E-state index contributed by atoms with van der Waals surface area (Å²) in [6.07, 6.45) is 4.95. The molecule has 2 rings (SSSR count). The van der Waals surface area contributed by atoms with Gasteiger partial charge in [0.1, 0.15) is 5.75 Å². The van der Waals surface area contributed by atoms with Crippen LogP contribution in [0.4, 0.5) is 5.69 Å². The minimum atomic E-state index is -0.184. The zero-order valence-corrected chi connectivity index (χ0v) is 13.3. The minimum Gasteiger partial charge on any atom is -0.489 e. The Kier molecular flexibility index (Phi) is 5.74. The van der Waals surface area contributed by atoms with Crippen LogP contribution in [0.3, 0.4) is 0 Å². The topological polar surface area (TPSA) is 77.2 Å². The smallest absolute Gasteiger partial charge is 0.244 e. The molecule has 1 heterocycles. The highest BCUT2D eigenvalue weighted by atomic mass is 16.5. The van der Waals surface area contributed by atoms with E-state index in [9.17, 15) is 4.79 Å². The summed E-state index contributed by atoms with van der Waals surface area (Å²) in [4.78, 5) is 15.9. The highest BCUT2D eigenvalue weighted by molar-refractivity contribution is 5.91. The molecule has 0 spiro atoms. The molecule has 0 fully saturated rings. The highest BCUT2D eigenvalue weighted by Crippen LogP contribution is 2.24. The van der Waals surface area contributed by atoms with E-state index in [1.807, 2.05) is 38.1 Å². The van der Waals surface area contributed by atoms with Crippen LogP contribution in [0.1, 0.15) is 25.1 Å². The number of hydrogen-bond acceptors (Lipinski definition) is 4. The number of nitrogens with two attached hydrogens (primary N) is 1. The van der Waals surface area contributed by atoms with Gasteiger partial charge in [0.25, 0.3) is 0 Å². The van der Waals surface area contributed by atoms with Crippen molar-refractivity contribution in [3.05, 3.63) is 59.9 Å². The van der Waals surface area contributed by atoms with Gasteiger partial charge in [-0.1, -0.05) is 12.1 Å². The molecule has 0 aliphatic carbocycles. The second-order valence-electron chi connectivity index (χ2n) is 5.34. The second-order valence-corrected chi connectivity index (χ2v) is 5.34. The Morgan fingerprint density at radius 2 is 2.17 bits per heavy atom. The van der Waals surface area contributed by atoms with Crippen LogP contribution >= 0.6 is 0 Å². The van der Waals surface area contributed by atoms with Gasteiger partial charge in [-0.2, -0.15) is 0 Å². The van der Waals surface area contributed by atoms with Crippen molar-refractivity contribution >= 4 is 17.7 Å². The van der Waals surface area contributed by atoms with Crippen LogP contribution in [0.15, 0.2) is 48.7 Å². The molecule has 5 heteroatoms. The van der Waals surface area contributed by atoms with Crippen molar-refractivity contribution in [3.63, 3.8) is 0 Å². The number of carbonyl (C=O) groups excluding carboxylic acids is 1. The van der Waals surface area contributed by atoms with Crippen LogP contribution in [0, 0.1) is 0 Å². The van der Waals surface area contributed by atoms with Crippen LogP contribution in [-0.4, -0.2) is 17.0 Å². The summed E-state index contributed by atoms with van der Waals surface area (Å²) in [7, 11) is 0. The summed E-state index contributed by atoms with van der Waals surface area (Å²) in [6, 6.07) is 11.0. The number of hydrogen-bond donors (Lipinski definition) is 2. The first-order valence-corrected chi connectivity index (χ1v) is 7.46. The first kappa shape index (κ1) is 16.5. The molecule has 0 saturated carbocycles. The molecule has 1 amide bonds. The van der Waals surface area contributed by atoms with E-state index in [0.29, 0.717) is 18.0 Å². The Bertz CT molecular complexity index is 682. The van der Waals surface area contributed by atoms with Crippen molar-refractivity contribution in [1.82, 2.24) is 10.3 Å². The van der Waals surface area contributed by atoms with Gasteiger partial charge in [-0.05, 0) is 49.8 Å². The highest BCUT2D eigenvalue weighted by Gasteiger charge is 2.03. The first-order valence-electron chi connectivity index (χ1n) is 7.46. The largest absolute Gasteiger partial charge is 0.489 e. The van der Waals surface area contributed by atoms with Crippen molar-refractivity contribution in [1.29, 1.82) is 0 Å². The maximum atomic E-state index is 11.8. The number of nitrogens with one attached hydrogen (secondary N) is 1. The van der Waals surface area contributed by atoms with Gasteiger partial charge in [-0.25, -0.2) is 0 Å². The minimum absolute atomic E-state index is 0.0658. The van der Waals surface area contributed by atoms with Gasteiger partial charge in [0.2, 0.25) is 5.91 Å². The molecule has 3 N–H and O–H groups in total. The number of carbonyl (C=O) groups is 1. The van der Waals surface area contributed by atoms with Crippen LogP contribution in [0.25, 0.3) is 6.08 Å². The third-order valence-electron chi connectivity index (χ3n) is 2.99. The lowest BCUT2D eigenvalue weighted by Crippen LogP contribution is -2.20. The van der Waals surface area contributed by atoms with Gasteiger partial charge in [0, 0.05) is 12.3 Å².